The summed E-state index contributed by atoms with van der Waals surface area (Å²) in [4.78, 5) is 20.0. The van der Waals surface area contributed by atoms with Crippen LogP contribution in [0.2, 0.25) is 0 Å². The third kappa shape index (κ3) is 5.26. The Labute approximate surface area is 137 Å². The summed E-state index contributed by atoms with van der Waals surface area (Å²) in [5.74, 6) is 2.28. The highest BCUT2D eigenvalue weighted by molar-refractivity contribution is 5.81. The summed E-state index contributed by atoms with van der Waals surface area (Å²) in [6.07, 6.45) is 3.12. The molecule has 1 saturated heterocycles. The zero-order valence-corrected chi connectivity index (χ0v) is 14.4. The van der Waals surface area contributed by atoms with Crippen molar-refractivity contribution in [3.05, 3.63) is 17.8 Å². The lowest BCUT2D eigenvalue weighted by Crippen LogP contribution is -2.51. The average molecular weight is 321 g/mol. The Hall–Kier alpha value is -2.05. The zero-order chi connectivity index (χ0) is 16.9. The number of hydrogen-bond donors (Lipinski definition) is 3. The highest BCUT2D eigenvalue weighted by Gasteiger charge is 2.20. The minimum absolute atomic E-state index is 0.0575. The molecule has 23 heavy (non-hydrogen) atoms. The Kier molecular flexibility index (Phi) is 5.63. The lowest BCUT2D eigenvalue weighted by molar-refractivity contribution is -0.122. The molecule has 2 heterocycles. The summed E-state index contributed by atoms with van der Waals surface area (Å²) in [7, 11) is 0. The summed E-state index contributed by atoms with van der Waals surface area (Å²) in [5.41, 5.74) is -0.0575. The topological polar surface area (TPSA) is 91.6 Å². The number of oxazole rings is 1. The third-order valence-corrected chi connectivity index (χ3v) is 3.62. The summed E-state index contributed by atoms with van der Waals surface area (Å²) >= 11 is 0. The van der Waals surface area contributed by atoms with Gasteiger partial charge in [0.15, 0.2) is 5.96 Å². The van der Waals surface area contributed by atoms with E-state index in [1.54, 1.807) is 6.20 Å². The Morgan fingerprint density at radius 2 is 2.30 bits per heavy atom. The van der Waals surface area contributed by atoms with Gasteiger partial charge in [-0.15, -0.1) is 0 Å². The number of hydrogen-bond acceptors (Lipinski definition) is 4. The van der Waals surface area contributed by atoms with Gasteiger partial charge < -0.3 is 20.4 Å². The number of piperidine rings is 1. The highest BCUT2D eigenvalue weighted by Crippen LogP contribution is 2.22. The van der Waals surface area contributed by atoms with Gasteiger partial charge in [0.2, 0.25) is 11.8 Å². The van der Waals surface area contributed by atoms with Crippen molar-refractivity contribution in [1.29, 1.82) is 0 Å². The first-order valence-corrected chi connectivity index (χ1v) is 8.15. The molecule has 0 spiro atoms. The molecule has 0 aromatic carbocycles. The van der Waals surface area contributed by atoms with Gasteiger partial charge in [-0.05, 0) is 13.3 Å². The van der Waals surface area contributed by atoms with Crippen LogP contribution in [0.1, 0.15) is 52.2 Å². The lowest BCUT2D eigenvalue weighted by atomic mass is 9.94. The van der Waals surface area contributed by atoms with E-state index in [0.29, 0.717) is 31.4 Å². The first-order valence-electron chi connectivity index (χ1n) is 8.15. The van der Waals surface area contributed by atoms with Gasteiger partial charge in [-0.3, -0.25) is 4.79 Å². The fraction of sp³-hybridized carbons (Fsp3) is 0.688. The summed E-state index contributed by atoms with van der Waals surface area (Å²) in [6, 6.07) is 0.195. The molecule has 128 valence electrons. The summed E-state index contributed by atoms with van der Waals surface area (Å²) < 4.78 is 5.75. The standard InChI is InChI=1S/C16H27N5O2/c1-5-17-15(21-11-6-7-13(22)18-8-11)20-10-14-19-9-12(23-14)16(2,3)4/h9,11H,5-8,10H2,1-4H3,(H,18,22)(H2,17,20,21). The monoisotopic (exact) mass is 321 g/mol. The largest absolute Gasteiger partial charge is 0.443 e. The van der Waals surface area contributed by atoms with Crippen LogP contribution in [0.15, 0.2) is 15.6 Å². The molecule has 7 nitrogen and oxygen atoms in total. The van der Waals surface area contributed by atoms with E-state index >= 15 is 0 Å². The van der Waals surface area contributed by atoms with Crippen LogP contribution in [0, 0.1) is 0 Å². The molecular weight excluding hydrogens is 294 g/mol. The molecule has 1 aromatic heterocycles. The Balaban J connectivity index is 1.95. The van der Waals surface area contributed by atoms with Gasteiger partial charge in [0.05, 0.1) is 6.20 Å². The maximum absolute atomic E-state index is 11.2. The van der Waals surface area contributed by atoms with E-state index in [-0.39, 0.29) is 17.4 Å². The van der Waals surface area contributed by atoms with Crippen LogP contribution >= 0.6 is 0 Å². The van der Waals surface area contributed by atoms with Crippen LogP contribution in [0.5, 0.6) is 0 Å². The van der Waals surface area contributed by atoms with Gasteiger partial charge >= 0.3 is 0 Å². The van der Waals surface area contributed by atoms with Gasteiger partial charge in [-0.1, -0.05) is 20.8 Å². The van der Waals surface area contributed by atoms with Crippen molar-refractivity contribution < 1.29 is 9.21 Å². The number of amides is 1. The minimum Gasteiger partial charge on any atom is -0.443 e. The number of aliphatic imine (C=N–C) groups is 1. The molecule has 1 amide bonds. The zero-order valence-electron chi connectivity index (χ0n) is 14.4. The molecule has 0 aliphatic carbocycles. The van der Waals surface area contributed by atoms with Crippen molar-refractivity contribution in [2.75, 3.05) is 13.1 Å². The van der Waals surface area contributed by atoms with Gasteiger partial charge in [-0.25, -0.2) is 9.98 Å². The maximum Gasteiger partial charge on any atom is 0.220 e. The number of carbonyl (C=O) groups excluding carboxylic acids is 1. The van der Waals surface area contributed by atoms with Crippen LogP contribution < -0.4 is 16.0 Å². The van der Waals surface area contributed by atoms with E-state index in [0.717, 1.165) is 18.7 Å². The fourth-order valence-corrected chi connectivity index (χ4v) is 2.25. The number of rotatable bonds is 4. The van der Waals surface area contributed by atoms with E-state index in [9.17, 15) is 4.79 Å². The molecular formula is C16H27N5O2. The van der Waals surface area contributed by atoms with Crippen molar-refractivity contribution in [2.24, 2.45) is 4.99 Å². The molecule has 1 atom stereocenters. The van der Waals surface area contributed by atoms with Crippen LogP contribution in [0.4, 0.5) is 0 Å². The van der Waals surface area contributed by atoms with Crippen molar-refractivity contribution >= 4 is 11.9 Å². The fourth-order valence-electron chi connectivity index (χ4n) is 2.25. The van der Waals surface area contributed by atoms with Crippen molar-refractivity contribution in [2.45, 2.75) is 58.5 Å². The minimum atomic E-state index is -0.0575. The summed E-state index contributed by atoms with van der Waals surface area (Å²) in [6.45, 7) is 10.0. The average Bonchev–Trinajstić information content (AvgIpc) is 2.96. The second-order valence-electron chi connectivity index (χ2n) is 6.75. The molecule has 1 aliphatic heterocycles. The maximum atomic E-state index is 11.2. The number of carbonyl (C=O) groups is 1. The van der Waals surface area contributed by atoms with E-state index in [1.165, 1.54) is 0 Å². The van der Waals surface area contributed by atoms with E-state index < -0.39 is 0 Å². The third-order valence-electron chi connectivity index (χ3n) is 3.62. The van der Waals surface area contributed by atoms with E-state index in [1.807, 2.05) is 6.92 Å². The molecule has 0 saturated carbocycles. The van der Waals surface area contributed by atoms with Gasteiger partial charge in [0.1, 0.15) is 12.3 Å². The second-order valence-corrected chi connectivity index (χ2v) is 6.75. The Morgan fingerprint density at radius 1 is 1.52 bits per heavy atom. The van der Waals surface area contributed by atoms with Crippen molar-refractivity contribution in [3.63, 3.8) is 0 Å². The van der Waals surface area contributed by atoms with Crippen LogP contribution in [0.25, 0.3) is 0 Å². The SMILES string of the molecule is CCNC(=NCc1ncc(C(C)(C)C)o1)NC1CCC(=O)NC1. The molecule has 1 aliphatic rings. The quantitative estimate of drug-likeness (QED) is 0.574. The number of guanidine groups is 1. The number of aromatic nitrogens is 1. The van der Waals surface area contributed by atoms with Crippen LogP contribution in [-0.2, 0) is 16.8 Å². The lowest BCUT2D eigenvalue weighted by Gasteiger charge is -2.25. The van der Waals surface area contributed by atoms with Gasteiger partial charge in [0.25, 0.3) is 0 Å². The van der Waals surface area contributed by atoms with E-state index in [2.05, 4.69) is 46.7 Å². The first kappa shape index (κ1) is 17.3. The number of nitrogens with one attached hydrogen (secondary N) is 3. The predicted molar refractivity (Wildman–Crippen MR) is 89.2 cm³/mol. The first-order chi connectivity index (χ1) is 10.9. The second kappa shape index (κ2) is 7.48. The normalized spacial score (nSPS) is 19.4. The summed E-state index contributed by atoms with van der Waals surface area (Å²) in [5, 5.41) is 9.40. The Bertz CT molecular complexity index is 549. The van der Waals surface area contributed by atoms with Crippen LogP contribution in [0.3, 0.4) is 0 Å². The molecule has 1 fully saturated rings. The van der Waals surface area contributed by atoms with Crippen LogP contribution in [-0.4, -0.2) is 36.0 Å². The van der Waals surface area contributed by atoms with Gasteiger partial charge in [-0.2, -0.15) is 0 Å². The predicted octanol–water partition coefficient (Wildman–Crippen LogP) is 1.31. The molecule has 2 rings (SSSR count). The smallest absolute Gasteiger partial charge is 0.220 e. The molecule has 0 radical (unpaired) electrons. The van der Waals surface area contributed by atoms with E-state index in [4.69, 9.17) is 4.42 Å². The number of nitrogens with zero attached hydrogens (tertiary/aromatic N) is 2. The molecule has 3 N–H and O–H groups in total. The molecule has 1 unspecified atom stereocenters. The molecule has 7 heteroatoms. The molecule has 1 aromatic rings. The van der Waals surface area contributed by atoms with Crippen molar-refractivity contribution in [1.82, 2.24) is 20.9 Å². The van der Waals surface area contributed by atoms with Crippen molar-refractivity contribution in [3.8, 4) is 0 Å². The van der Waals surface area contributed by atoms with Gasteiger partial charge in [0, 0.05) is 31.0 Å². The molecule has 0 bridgehead atoms. The highest BCUT2D eigenvalue weighted by atomic mass is 16.4. The Morgan fingerprint density at radius 3 is 2.87 bits per heavy atom.